The SMILES string of the molecule is c1ccc(-c2cc(N(c3ccc4c(c3)oc3ccccc34)c3c(-c4ccccc4)ccc4ccccc34)ccc2-c2ccc3c(ccc4nc(-c5ccc6ccccc6c5)oc43)c2)cc1. The number of rotatable bonds is 7. The first kappa shape index (κ1) is 36.9. The zero-order valence-corrected chi connectivity index (χ0v) is 35.2. The zero-order chi connectivity index (χ0) is 42.8. The second-order valence-electron chi connectivity index (χ2n) is 16.7. The maximum Gasteiger partial charge on any atom is 0.227 e. The molecule has 13 aromatic rings. The van der Waals surface area contributed by atoms with Crippen molar-refractivity contribution < 1.29 is 8.83 Å². The van der Waals surface area contributed by atoms with E-state index in [4.69, 9.17) is 13.8 Å². The minimum atomic E-state index is 0.620. The van der Waals surface area contributed by atoms with Crippen LogP contribution in [0.1, 0.15) is 0 Å². The topological polar surface area (TPSA) is 42.4 Å². The van der Waals surface area contributed by atoms with E-state index in [1.54, 1.807) is 0 Å². The van der Waals surface area contributed by atoms with Gasteiger partial charge in [0.05, 0.1) is 5.69 Å². The van der Waals surface area contributed by atoms with E-state index < -0.39 is 0 Å². The number of oxazole rings is 1. The number of hydrogen-bond acceptors (Lipinski definition) is 4. The van der Waals surface area contributed by atoms with Crippen LogP contribution in [0.2, 0.25) is 0 Å². The van der Waals surface area contributed by atoms with Crippen molar-refractivity contribution in [1.29, 1.82) is 0 Å². The number of para-hydroxylation sites is 1. The monoisotopic (exact) mass is 830 g/mol. The number of fused-ring (bicyclic) bond motifs is 8. The number of anilines is 3. The minimum Gasteiger partial charge on any atom is -0.456 e. The average Bonchev–Trinajstić information content (AvgIpc) is 3.99. The van der Waals surface area contributed by atoms with E-state index in [9.17, 15) is 0 Å². The Kier molecular flexibility index (Phi) is 8.50. The Hall–Kier alpha value is -8.73. The molecular weight excluding hydrogens is 793 g/mol. The molecule has 0 aliphatic carbocycles. The molecule has 11 aromatic carbocycles. The van der Waals surface area contributed by atoms with E-state index in [1.807, 2.05) is 12.1 Å². The maximum absolute atomic E-state index is 6.57. The molecule has 2 heterocycles. The minimum absolute atomic E-state index is 0.620. The van der Waals surface area contributed by atoms with Crippen LogP contribution in [0.5, 0.6) is 0 Å². The van der Waals surface area contributed by atoms with Crippen LogP contribution in [-0.4, -0.2) is 4.98 Å². The third-order valence-electron chi connectivity index (χ3n) is 12.9. The van der Waals surface area contributed by atoms with Crippen molar-refractivity contribution in [3.63, 3.8) is 0 Å². The molecule has 0 saturated carbocycles. The molecule has 4 nitrogen and oxygen atoms in total. The van der Waals surface area contributed by atoms with E-state index in [-0.39, 0.29) is 0 Å². The molecule has 0 aliphatic heterocycles. The molecule has 0 bridgehead atoms. The molecule has 0 atom stereocenters. The van der Waals surface area contributed by atoms with Crippen LogP contribution in [0, 0.1) is 0 Å². The summed E-state index contributed by atoms with van der Waals surface area (Å²) in [6.45, 7) is 0. The third kappa shape index (κ3) is 6.26. The smallest absolute Gasteiger partial charge is 0.227 e. The highest BCUT2D eigenvalue weighted by atomic mass is 16.3. The molecule has 0 spiro atoms. The van der Waals surface area contributed by atoms with E-state index in [1.165, 1.54) is 10.8 Å². The van der Waals surface area contributed by atoms with E-state index in [2.05, 4.69) is 223 Å². The Morgan fingerprint density at radius 2 is 0.923 bits per heavy atom. The molecule has 0 aliphatic rings. The van der Waals surface area contributed by atoms with Gasteiger partial charge in [-0.05, 0) is 110 Å². The van der Waals surface area contributed by atoms with Gasteiger partial charge in [-0.1, -0.05) is 164 Å². The van der Waals surface area contributed by atoms with Crippen molar-refractivity contribution in [3.8, 4) is 44.8 Å². The summed E-state index contributed by atoms with van der Waals surface area (Å²) in [6, 6.07) is 82.0. The van der Waals surface area contributed by atoms with Crippen LogP contribution >= 0.6 is 0 Å². The molecule has 0 amide bonds. The van der Waals surface area contributed by atoms with Crippen molar-refractivity contribution in [2.45, 2.75) is 0 Å². The Morgan fingerprint density at radius 1 is 0.323 bits per heavy atom. The molecule has 0 unspecified atom stereocenters. The molecule has 13 rings (SSSR count). The molecule has 0 radical (unpaired) electrons. The number of furan rings is 1. The van der Waals surface area contributed by atoms with Gasteiger partial charge in [0.15, 0.2) is 5.58 Å². The van der Waals surface area contributed by atoms with Gasteiger partial charge in [0.25, 0.3) is 0 Å². The van der Waals surface area contributed by atoms with Crippen LogP contribution in [0.25, 0.3) is 110 Å². The number of aromatic nitrogens is 1. The van der Waals surface area contributed by atoms with Crippen molar-refractivity contribution >= 4 is 82.4 Å². The molecule has 2 aromatic heterocycles. The van der Waals surface area contributed by atoms with Gasteiger partial charge in [0.1, 0.15) is 16.7 Å². The molecule has 304 valence electrons. The van der Waals surface area contributed by atoms with Crippen LogP contribution in [0.3, 0.4) is 0 Å². The molecule has 0 N–H and O–H groups in total. The van der Waals surface area contributed by atoms with Crippen LogP contribution in [0.4, 0.5) is 17.1 Å². The van der Waals surface area contributed by atoms with Gasteiger partial charge in [0.2, 0.25) is 5.89 Å². The largest absolute Gasteiger partial charge is 0.456 e. The zero-order valence-electron chi connectivity index (χ0n) is 35.2. The third-order valence-corrected chi connectivity index (χ3v) is 12.9. The van der Waals surface area contributed by atoms with E-state index >= 15 is 0 Å². The van der Waals surface area contributed by atoms with Gasteiger partial charge in [-0.15, -0.1) is 0 Å². The van der Waals surface area contributed by atoms with Crippen molar-refractivity contribution in [2.75, 3.05) is 4.90 Å². The second-order valence-corrected chi connectivity index (χ2v) is 16.7. The standard InChI is InChI=1S/C61H38N2O2/c1-3-14-40(15-4-1)51-30-25-42-18-9-10-20-50(42)59(51)63(48-29-33-54-53-21-11-12-22-57(53)64-58(54)38-48)47-28-32-49(55(37-47)41-16-5-2-6-17-41)44-26-31-52-45(36-44)27-34-56-60(52)65-61(62-56)46-24-23-39-13-7-8-19-43(39)35-46/h1-38H. The fourth-order valence-corrected chi connectivity index (χ4v) is 9.71. The molecule has 65 heavy (non-hydrogen) atoms. The van der Waals surface area contributed by atoms with E-state index in [0.717, 1.165) is 111 Å². The lowest BCUT2D eigenvalue weighted by atomic mass is 9.91. The van der Waals surface area contributed by atoms with E-state index in [0.29, 0.717) is 5.89 Å². The highest BCUT2D eigenvalue weighted by Gasteiger charge is 2.23. The predicted octanol–water partition coefficient (Wildman–Crippen LogP) is 17.3. The molecule has 4 heteroatoms. The number of benzene rings is 11. The first-order chi connectivity index (χ1) is 32.2. The summed E-state index contributed by atoms with van der Waals surface area (Å²) in [4.78, 5) is 7.36. The van der Waals surface area contributed by atoms with Gasteiger partial charge in [-0.3, -0.25) is 0 Å². The summed E-state index contributed by atoms with van der Waals surface area (Å²) in [6.07, 6.45) is 0. The quantitative estimate of drug-likeness (QED) is 0.160. The van der Waals surface area contributed by atoms with Crippen LogP contribution in [0.15, 0.2) is 239 Å². The van der Waals surface area contributed by atoms with Gasteiger partial charge < -0.3 is 13.7 Å². The Morgan fingerprint density at radius 3 is 1.77 bits per heavy atom. The number of nitrogens with zero attached hydrogens (tertiary/aromatic N) is 2. The number of hydrogen-bond donors (Lipinski definition) is 0. The normalized spacial score (nSPS) is 11.7. The van der Waals surface area contributed by atoms with Crippen molar-refractivity contribution in [2.24, 2.45) is 0 Å². The summed E-state index contributed by atoms with van der Waals surface area (Å²) < 4.78 is 13.1. The molecule has 0 fully saturated rings. The Bertz CT molecular complexity index is 3960. The fraction of sp³-hybridized carbons (Fsp3) is 0. The highest BCUT2D eigenvalue weighted by Crippen LogP contribution is 2.48. The Balaban J connectivity index is 1.00. The summed E-state index contributed by atoms with van der Waals surface area (Å²) >= 11 is 0. The molecule has 0 saturated heterocycles. The van der Waals surface area contributed by atoms with Gasteiger partial charge in [-0.25, -0.2) is 4.98 Å². The van der Waals surface area contributed by atoms with Crippen LogP contribution in [-0.2, 0) is 0 Å². The van der Waals surface area contributed by atoms with Crippen LogP contribution < -0.4 is 4.90 Å². The summed E-state index contributed by atoms with van der Waals surface area (Å²) in [5, 5.41) is 8.98. The highest BCUT2D eigenvalue weighted by molar-refractivity contribution is 6.10. The lowest BCUT2D eigenvalue weighted by molar-refractivity contribution is 0.623. The maximum atomic E-state index is 6.57. The lowest BCUT2D eigenvalue weighted by Gasteiger charge is -2.30. The van der Waals surface area contributed by atoms with Gasteiger partial charge in [-0.2, -0.15) is 0 Å². The summed E-state index contributed by atoms with van der Waals surface area (Å²) in [5.74, 6) is 0.620. The van der Waals surface area contributed by atoms with Crippen molar-refractivity contribution in [1.82, 2.24) is 4.98 Å². The Labute approximate surface area is 374 Å². The van der Waals surface area contributed by atoms with Crippen molar-refractivity contribution in [3.05, 3.63) is 231 Å². The second kappa shape index (κ2) is 15.0. The van der Waals surface area contributed by atoms with Gasteiger partial charge >= 0.3 is 0 Å². The van der Waals surface area contributed by atoms with Gasteiger partial charge in [0, 0.05) is 50.1 Å². The predicted molar refractivity (Wildman–Crippen MR) is 270 cm³/mol. The first-order valence-electron chi connectivity index (χ1n) is 22.0. The average molecular weight is 831 g/mol. The summed E-state index contributed by atoms with van der Waals surface area (Å²) in [5.41, 5.74) is 14.2. The molecular formula is C61H38N2O2. The lowest BCUT2D eigenvalue weighted by Crippen LogP contribution is -2.12. The first-order valence-corrected chi connectivity index (χ1v) is 22.0. The summed E-state index contributed by atoms with van der Waals surface area (Å²) in [7, 11) is 0. The fourth-order valence-electron chi connectivity index (χ4n) is 9.71.